The summed E-state index contributed by atoms with van der Waals surface area (Å²) in [6.07, 6.45) is 0. The van der Waals surface area contributed by atoms with Gasteiger partial charge >= 0.3 is 6.03 Å². The van der Waals surface area contributed by atoms with Crippen molar-refractivity contribution in [2.24, 2.45) is 5.84 Å². The fourth-order valence-corrected chi connectivity index (χ4v) is 2.94. The molecule has 30 heavy (non-hydrogen) atoms. The minimum atomic E-state index is -0.503. The quantitative estimate of drug-likeness (QED) is 0.318. The molecule has 0 aliphatic carbocycles. The molecular weight excluding hydrogens is 380 g/mol. The largest absolute Gasteiger partial charge is 0.489 e. The van der Waals surface area contributed by atoms with Crippen LogP contribution in [-0.4, -0.2) is 6.03 Å². The maximum absolute atomic E-state index is 11.6. The molecule has 3 aromatic carbocycles. The molecule has 3 rings (SSSR count). The third kappa shape index (κ3) is 4.87. The van der Waals surface area contributed by atoms with Crippen LogP contribution in [0.5, 0.6) is 17.2 Å². The number of aryl methyl sites for hydroxylation is 2. The molecule has 0 radical (unpaired) electrons. The Kier molecular flexibility index (Phi) is 6.53. The van der Waals surface area contributed by atoms with Gasteiger partial charge in [0.15, 0.2) is 0 Å². The maximum atomic E-state index is 11.6. The van der Waals surface area contributed by atoms with Gasteiger partial charge in [-0.25, -0.2) is 10.6 Å². The molecule has 0 bridgehead atoms. The van der Waals surface area contributed by atoms with Crippen LogP contribution in [0.3, 0.4) is 0 Å². The molecule has 0 atom stereocenters. The third-order valence-corrected chi connectivity index (χ3v) is 4.54. The number of nitrogens with zero attached hydrogens (tertiary/aromatic N) is 1. The summed E-state index contributed by atoms with van der Waals surface area (Å²) in [6.45, 7) is 4.13. The van der Waals surface area contributed by atoms with E-state index in [9.17, 15) is 10.1 Å². The molecule has 0 spiro atoms. The second-order valence-electron chi connectivity index (χ2n) is 6.63. The molecule has 7 heteroatoms. The number of nitriles is 1. The Balaban J connectivity index is 1.75. The van der Waals surface area contributed by atoms with Crippen LogP contribution in [0.4, 0.5) is 10.5 Å². The van der Waals surface area contributed by atoms with Crippen molar-refractivity contribution in [1.29, 1.82) is 5.26 Å². The molecule has 2 amide bonds. The van der Waals surface area contributed by atoms with Crippen molar-refractivity contribution in [2.45, 2.75) is 20.5 Å². The maximum Gasteiger partial charge on any atom is 0.333 e. The summed E-state index contributed by atoms with van der Waals surface area (Å²) < 4.78 is 11.8. The zero-order valence-corrected chi connectivity index (χ0v) is 16.7. The Hall–Kier alpha value is -4.02. The zero-order valence-electron chi connectivity index (χ0n) is 16.7. The predicted octanol–water partition coefficient (Wildman–Crippen LogP) is 4.54. The molecule has 0 aliphatic heterocycles. The van der Waals surface area contributed by atoms with Crippen LogP contribution in [-0.2, 0) is 6.61 Å². The number of carbonyl (C=O) groups excluding carboxylic acids is 1. The Morgan fingerprint density at radius 2 is 1.83 bits per heavy atom. The number of benzene rings is 3. The van der Waals surface area contributed by atoms with Gasteiger partial charge in [0, 0.05) is 11.3 Å². The molecule has 4 N–H and O–H groups in total. The van der Waals surface area contributed by atoms with Crippen molar-refractivity contribution in [2.75, 3.05) is 5.32 Å². The van der Waals surface area contributed by atoms with Crippen molar-refractivity contribution < 1.29 is 14.3 Å². The van der Waals surface area contributed by atoms with E-state index >= 15 is 0 Å². The Morgan fingerprint density at radius 3 is 2.57 bits per heavy atom. The van der Waals surface area contributed by atoms with Crippen LogP contribution < -0.4 is 26.1 Å². The minimum absolute atomic E-state index is 0.269. The first kappa shape index (κ1) is 20.7. The Bertz CT molecular complexity index is 1110. The van der Waals surface area contributed by atoms with E-state index in [-0.39, 0.29) is 6.61 Å². The summed E-state index contributed by atoms with van der Waals surface area (Å²) in [5.41, 5.74) is 5.86. The van der Waals surface area contributed by atoms with Crippen molar-refractivity contribution in [3.05, 3.63) is 82.9 Å². The van der Waals surface area contributed by atoms with Gasteiger partial charge < -0.3 is 14.8 Å². The zero-order chi connectivity index (χ0) is 21.5. The lowest BCUT2D eigenvalue weighted by Gasteiger charge is -2.16. The van der Waals surface area contributed by atoms with Gasteiger partial charge in [-0.15, -0.1) is 0 Å². The van der Waals surface area contributed by atoms with E-state index in [4.69, 9.17) is 15.3 Å². The molecule has 152 valence electrons. The van der Waals surface area contributed by atoms with Crippen LogP contribution in [0.1, 0.15) is 22.3 Å². The van der Waals surface area contributed by atoms with E-state index in [1.165, 1.54) is 0 Å². The average Bonchev–Trinajstić information content (AvgIpc) is 2.75. The second kappa shape index (κ2) is 9.45. The SMILES string of the molecule is Cc1cc(Oc2ccccc2C#N)ccc1OCc1c(C)cccc1NC(=O)NN. The average molecular weight is 402 g/mol. The number of hydrogen-bond acceptors (Lipinski definition) is 5. The highest BCUT2D eigenvalue weighted by molar-refractivity contribution is 5.89. The summed E-state index contributed by atoms with van der Waals surface area (Å²) in [5.74, 6) is 6.96. The lowest BCUT2D eigenvalue weighted by Crippen LogP contribution is -2.34. The van der Waals surface area contributed by atoms with E-state index in [1.807, 2.05) is 44.2 Å². The van der Waals surface area contributed by atoms with Gasteiger partial charge in [0.1, 0.15) is 29.9 Å². The van der Waals surface area contributed by atoms with Gasteiger partial charge in [0.25, 0.3) is 0 Å². The summed E-state index contributed by atoms with van der Waals surface area (Å²) in [4.78, 5) is 11.6. The van der Waals surface area contributed by atoms with Crippen LogP contribution in [0.2, 0.25) is 0 Å². The van der Waals surface area contributed by atoms with Crippen molar-refractivity contribution in [3.63, 3.8) is 0 Å². The van der Waals surface area contributed by atoms with Crippen molar-refractivity contribution in [3.8, 4) is 23.3 Å². The summed E-state index contributed by atoms with van der Waals surface area (Å²) in [7, 11) is 0. The number of amides is 2. The number of nitrogens with two attached hydrogens (primary N) is 1. The fraction of sp³-hybridized carbons (Fsp3) is 0.130. The summed E-state index contributed by atoms with van der Waals surface area (Å²) in [5, 5.41) is 11.9. The highest BCUT2D eigenvalue weighted by atomic mass is 16.5. The smallest absolute Gasteiger partial charge is 0.333 e. The molecular formula is C23H22N4O3. The second-order valence-corrected chi connectivity index (χ2v) is 6.63. The topological polar surface area (TPSA) is 109 Å². The van der Waals surface area contributed by atoms with Crippen molar-refractivity contribution in [1.82, 2.24) is 5.43 Å². The van der Waals surface area contributed by atoms with Gasteiger partial charge in [-0.1, -0.05) is 24.3 Å². The summed E-state index contributed by atoms with van der Waals surface area (Å²) in [6, 6.07) is 19.7. The monoisotopic (exact) mass is 402 g/mol. The number of para-hydroxylation sites is 1. The lowest BCUT2D eigenvalue weighted by molar-refractivity contribution is 0.252. The van der Waals surface area contributed by atoms with Crippen LogP contribution >= 0.6 is 0 Å². The van der Waals surface area contributed by atoms with Gasteiger partial charge in [0.05, 0.1) is 5.56 Å². The first-order chi connectivity index (χ1) is 14.5. The number of hydrogen-bond donors (Lipinski definition) is 3. The molecule has 0 unspecified atom stereocenters. The van der Waals surface area contributed by atoms with E-state index in [0.29, 0.717) is 28.5 Å². The van der Waals surface area contributed by atoms with E-state index in [0.717, 1.165) is 16.7 Å². The molecule has 0 saturated carbocycles. The van der Waals surface area contributed by atoms with Gasteiger partial charge in [-0.05, 0) is 61.4 Å². The highest BCUT2D eigenvalue weighted by Crippen LogP contribution is 2.30. The molecule has 7 nitrogen and oxygen atoms in total. The molecule has 0 saturated heterocycles. The number of hydrazine groups is 1. The lowest BCUT2D eigenvalue weighted by atomic mass is 10.1. The number of carbonyl (C=O) groups is 1. The molecule has 0 aromatic heterocycles. The minimum Gasteiger partial charge on any atom is -0.489 e. The van der Waals surface area contributed by atoms with Crippen LogP contribution in [0, 0.1) is 25.2 Å². The highest BCUT2D eigenvalue weighted by Gasteiger charge is 2.11. The first-order valence-electron chi connectivity index (χ1n) is 9.28. The number of rotatable bonds is 6. The Labute approximate surface area is 175 Å². The van der Waals surface area contributed by atoms with Gasteiger partial charge in [0.2, 0.25) is 0 Å². The number of anilines is 1. The fourth-order valence-electron chi connectivity index (χ4n) is 2.94. The van der Waals surface area contributed by atoms with Gasteiger partial charge in [-0.3, -0.25) is 5.43 Å². The normalized spacial score (nSPS) is 10.1. The van der Waals surface area contributed by atoms with Gasteiger partial charge in [-0.2, -0.15) is 5.26 Å². The number of ether oxygens (including phenoxy) is 2. The molecule has 0 heterocycles. The first-order valence-corrected chi connectivity index (χ1v) is 9.28. The summed E-state index contributed by atoms with van der Waals surface area (Å²) >= 11 is 0. The van der Waals surface area contributed by atoms with Crippen molar-refractivity contribution >= 4 is 11.7 Å². The molecule has 0 aliphatic rings. The van der Waals surface area contributed by atoms with E-state index in [2.05, 4.69) is 16.8 Å². The predicted molar refractivity (Wildman–Crippen MR) is 114 cm³/mol. The number of urea groups is 1. The number of nitrogens with one attached hydrogen (secondary N) is 2. The van der Waals surface area contributed by atoms with Crippen LogP contribution in [0.15, 0.2) is 60.7 Å². The Morgan fingerprint density at radius 1 is 1.03 bits per heavy atom. The van der Waals surface area contributed by atoms with E-state index in [1.54, 1.807) is 30.3 Å². The van der Waals surface area contributed by atoms with E-state index < -0.39 is 6.03 Å². The third-order valence-electron chi connectivity index (χ3n) is 4.54. The molecule has 0 fully saturated rings. The van der Waals surface area contributed by atoms with Crippen LogP contribution in [0.25, 0.3) is 0 Å². The molecule has 3 aromatic rings. The standard InChI is InChI=1S/C23H22N4O3/c1-15-6-5-8-20(26-23(28)27-25)19(15)14-29-21-11-10-18(12-16(21)2)30-22-9-4-3-7-17(22)13-24/h3-12H,14,25H2,1-2H3,(H2,26,27,28).